The fourth-order valence-electron chi connectivity index (χ4n) is 4.05. The number of ether oxygens (including phenoxy) is 3. The Labute approximate surface area is 243 Å². The molecule has 4 rings (SSSR count). The van der Waals surface area contributed by atoms with E-state index in [0.717, 1.165) is 6.04 Å². The fraction of sp³-hybridized carbons (Fsp3) is 0.310. The van der Waals surface area contributed by atoms with Gasteiger partial charge in [-0.15, -0.1) is 0 Å². The Kier molecular flexibility index (Phi) is 9.43. The Hall–Kier alpha value is -4.49. The van der Waals surface area contributed by atoms with Gasteiger partial charge in [-0.05, 0) is 55.8 Å². The minimum Gasteiger partial charge on any atom is -0.461 e. The molecule has 0 N–H and O–H groups in total. The number of halogens is 1. The quantitative estimate of drug-likeness (QED) is 0.0582. The Balaban J connectivity index is 1.82. The highest BCUT2D eigenvalue weighted by atomic mass is 28.3. The first-order chi connectivity index (χ1) is 20.0. The second-order valence-corrected chi connectivity index (χ2v) is 16.3. The lowest BCUT2D eigenvalue weighted by molar-refractivity contribution is -0.384. The van der Waals surface area contributed by atoms with E-state index in [2.05, 4.69) is 34.7 Å². The highest BCUT2D eigenvalue weighted by molar-refractivity contribution is 6.76. The van der Waals surface area contributed by atoms with Crippen LogP contribution in [0.2, 0.25) is 25.7 Å². The molecule has 0 fully saturated rings. The van der Waals surface area contributed by atoms with Gasteiger partial charge in [-0.1, -0.05) is 25.7 Å². The number of nitrogens with zero attached hydrogens (tertiary/aromatic N) is 5. The molecule has 2 aromatic heterocycles. The van der Waals surface area contributed by atoms with Crippen molar-refractivity contribution in [2.75, 3.05) is 13.2 Å². The first kappa shape index (κ1) is 30.5. The third-order valence-electron chi connectivity index (χ3n) is 6.18. The van der Waals surface area contributed by atoms with Crippen molar-refractivity contribution in [3.05, 3.63) is 82.0 Å². The van der Waals surface area contributed by atoms with Gasteiger partial charge in [0, 0.05) is 49.8 Å². The van der Waals surface area contributed by atoms with E-state index in [1.165, 1.54) is 35.1 Å². The molecule has 0 amide bonds. The third kappa shape index (κ3) is 7.42. The van der Waals surface area contributed by atoms with Crippen molar-refractivity contribution < 1.29 is 28.3 Å². The van der Waals surface area contributed by atoms with Gasteiger partial charge >= 0.3 is 12.0 Å². The van der Waals surface area contributed by atoms with E-state index in [-0.39, 0.29) is 42.0 Å². The molecular weight excluding hydrogens is 561 g/mol. The van der Waals surface area contributed by atoms with E-state index >= 15 is 4.39 Å². The van der Waals surface area contributed by atoms with Crippen LogP contribution in [0.5, 0.6) is 11.8 Å². The van der Waals surface area contributed by atoms with Crippen molar-refractivity contribution in [1.29, 1.82) is 0 Å². The first-order valence-electron chi connectivity index (χ1n) is 13.3. The van der Waals surface area contributed by atoms with Gasteiger partial charge in [-0.2, -0.15) is 5.10 Å². The number of carbonyl (C=O) groups excluding carboxylic acids is 1. The summed E-state index contributed by atoms with van der Waals surface area (Å²) in [6.07, 6.45) is 1.51. The minimum absolute atomic E-state index is 0.00240. The average molecular weight is 594 g/mol. The topological polar surface area (TPSA) is 132 Å². The Morgan fingerprint density at radius 3 is 2.43 bits per heavy atom. The summed E-state index contributed by atoms with van der Waals surface area (Å²) in [6.45, 7) is 10.7. The molecule has 0 saturated heterocycles. The van der Waals surface area contributed by atoms with Crippen LogP contribution >= 0.6 is 0 Å². The number of benzene rings is 2. The Morgan fingerprint density at radius 1 is 1.10 bits per heavy atom. The van der Waals surface area contributed by atoms with E-state index in [9.17, 15) is 14.9 Å². The summed E-state index contributed by atoms with van der Waals surface area (Å²) in [7, 11) is -1.38. The van der Waals surface area contributed by atoms with Gasteiger partial charge in [0.1, 0.15) is 6.73 Å². The monoisotopic (exact) mass is 593 g/mol. The molecule has 0 aliphatic heterocycles. The average Bonchev–Trinajstić information content (AvgIpc) is 3.31. The van der Waals surface area contributed by atoms with Crippen LogP contribution in [0.1, 0.15) is 23.1 Å². The summed E-state index contributed by atoms with van der Waals surface area (Å²) < 4.78 is 33.7. The highest BCUT2D eigenvalue weighted by Gasteiger charge is 2.28. The number of hydrogen-bond acceptors (Lipinski definition) is 9. The molecule has 0 aliphatic carbocycles. The molecule has 0 unspecified atom stereocenters. The molecular formula is C29H32FN5O6Si. The van der Waals surface area contributed by atoms with Crippen molar-refractivity contribution in [3.63, 3.8) is 0 Å². The van der Waals surface area contributed by atoms with E-state index < -0.39 is 24.8 Å². The van der Waals surface area contributed by atoms with Crippen LogP contribution in [-0.2, 0) is 16.2 Å². The van der Waals surface area contributed by atoms with E-state index in [4.69, 9.17) is 14.2 Å². The predicted molar refractivity (Wildman–Crippen MR) is 157 cm³/mol. The van der Waals surface area contributed by atoms with E-state index in [1.807, 2.05) is 0 Å². The van der Waals surface area contributed by atoms with Crippen LogP contribution < -0.4 is 4.74 Å². The van der Waals surface area contributed by atoms with Gasteiger partial charge < -0.3 is 14.2 Å². The highest BCUT2D eigenvalue weighted by Crippen LogP contribution is 2.38. The Bertz CT molecular complexity index is 1590. The molecule has 13 heteroatoms. The largest absolute Gasteiger partial charge is 0.461 e. The fourth-order valence-corrected chi connectivity index (χ4v) is 4.80. The van der Waals surface area contributed by atoms with E-state index in [0.29, 0.717) is 29.1 Å². The maximum Gasteiger partial charge on any atom is 0.359 e. The van der Waals surface area contributed by atoms with E-state index in [1.54, 1.807) is 38.1 Å². The summed E-state index contributed by atoms with van der Waals surface area (Å²) in [5.74, 6) is -1.53. The van der Waals surface area contributed by atoms with Crippen LogP contribution in [0.15, 0.2) is 54.7 Å². The number of non-ortho nitro benzene ring substituents is 1. The number of aromatic nitrogens is 4. The predicted octanol–water partition coefficient (Wildman–Crippen LogP) is 6.64. The lowest BCUT2D eigenvalue weighted by Crippen LogP contribution is -2.22. The lowest BCUT2D eigenvalue weighted by Gasteiger charge is -2.16. The molecule has 2 heterocycles. The lowest BCUT2D eigenvalue weighted by atomic mass is 9.98. The zero-order valence-corrected chi connectivity index (χ0v) is 25.1. The molecule has 42 heavy (non-hydrogen) atoms. The minimum atomic E-state index is -1.38. The summed E-state index contributed by atoms with van der Waals surface area (Å²) in [4.78, 5) is 32.0. The molecule has 0 spiro atoms. The zero-order chi connectivity index (χ0) is 30.4. The summed E-state index contributed by atoms with van der Waals surface area (Å²) in [6, 6.07) is 12.6. The van der Waals surface area contributed by atoms with Gasteiger partial charge in [0.15, 0.2) is 17.3 Å². The summed E-state index contributed by atoms with van der Waals surface area (Å²) in [5.41, 5.74) is 2.03. The number of aryl methyl sites for hydroxylation is 1. The van der Waals surface area contributed by atoms with Crippen molar-refractivity contribution in [2.45, 2.75) is 46.3 Å². The zero-order valence-electron chi connectivity index (χ0n) is 24.1. The molecule has 4 aromatic rings. The van der Waals surface area contributed by atoms with Crippen LogP contribution in [0.25, 0.3) is 22.4 Å². The standard InChI is InChI=1S/C29H32FN5O6Si/c1-6-40-28(36)26-25(21-9-12-24(23(30)17-21)41-29-31-14-13-19(2)32-29)27(20-7-10-22(11-8-20)35(37)38)34(33-26)18-39-15-16-42(3,4)5/h7-14,17H,6,15-16,18H2,1-5H3. The molecule has 2 aromatic carbocycles. The van der Waals surface area contributed by atoms with Gasteiger partial charge in [0.2, 0.25) is 0 Å². The normalized spacial score (nSPS) is 11.4. The van der Waals surface area contributed by atoms with Crippen molar-refractivity contribution in [2.24, 2.45) is 0 Å². The van der Waals surface area contributed by atoms with Crippen LogP contribution in [-0.4, -0.2) is 51.9 Å². The second kappa shape index (κ2) is 13.0. The number of nitro benzene ring substituents is 1. The number of nitro groups is 1. The van der Waals surface area contributed by atoms with Crippen LogP contribution in [0, 0.1) is 22.9 Å². The van der Waals surface area contributed by atoms with Crippen LogP contribution in [0.3, 0.4) is 0 Å². The first-order valence-corrected chi connectivity index (χ1v) is 17.1. The molecule has 11 nitrogen and oxygen atoms in total. The van der Waals surface area contributed by atoms with Gasteiger partial charge in [0.05, 0.1) is 17.2 Å². The van der Waals surface area contributed by atoms with Crippen LogP contribution in [0.4, 0.5) is 10.1 Å². The molecule has 0 saturated carbocycles. The van der Waals surface area contributed by atoms with Gasteiger partial charge in [-0.25, -0.2) is 23.8 Å². The number of carbonyl (C=O) groups is 1. The van der Waals surface area contributed by atoms with Gasteiger partial charge in [0.25, 0.3) is 5.69 Å². The molecule has 0 bridgehead atoms. The maximum atomic E-state index is 15.4. The van der Waals surface area contributed by atoms with Crippen molar-refractivity contribution in [1.82, 2.24) is 19.7 Å². The third-order valence-corrected chi connectivity index (χ3v) is 7.88. The van der Waals surface area contributed by atoms with Crippen molar-refractivity contribution in [3.8, 4) is 34.1 Å². The summed E-state index contributed by atoms with van der Waals surface area (Å²) >= 11 is 0. The van der Waals surface area contributed by atoms with Crippen molar-refractivity contribution >= 4 is 19.7 Å². The molecule has 0 radical (unpaired) electrons. The maximum absolute atomic E-state index is 15.4. The smallest absolute Gasteiger partial charge is 0.359 e. The SMILES string of the molecule is CCOC(=O)c1nn(COCC[Si](C)(C)C)c(-c2ccc([N+](=O)[O-])cc2)c1-c1ccc(Oc2nccc(C)n2)c(F)c1. The summed E-state index contributed by atoms with van der Waals surface area (Å²) in [5, 5.41) is 15.8. The molecule has 0 aliphatic rings. The number of esters is 1. The number of rotatable bonds is 12. The van der Waals surface area contributed by atoms with Gasteiger partial charge in [-0.3, -0.25) is 10.1 Å². The number of hydrogen-bond donors (Lipinski definition) is 0. The molecule has 220 valence electrons. The Morgan fingerprint density at radius 2 is 1.81 bits per heavy atom. The molecule has 0 atom stereocenters. The second-order valence-electron chi connectivity index (χ2n) is 10.7.